The summed E-state index contributed by atoms with van der Waals surface area (Å²) in [4.78, 5) is 39.6. The average molecular weight is 416 g/mol. The Morgan fingerprint density at radius 3 is 2.35 bits per heavy atom. The van der Waals surface area contributed by atoms with E-state index in [1.807, 2.05) is 68.4 Å². The predicted octanol–water partition coefficient (Wildman–Crippen LogP) is 3.52. The van der Waals surface area contributed by atoms with Crippen LogP contribution in [0.15, 0.2) is 65.1 Å². The van der Waals surface area contributed by atoms with E-state index in [1.54, 1.807) is 0 Å². The lowest BCUT2D eigenvalue weighted by molar-refractivity contribution is -0.123. The third kappa shape index (κ3) is 4.07. The standard InChI is InChI=1S/C24H24N4O3/c1-3-7-20-19(22(29)28(26-20)18-8-5-4-6-9-18)14-21-23(30)27(24(31)25-21)15-17-12-10-16(2)11-13-17/h4-6,8-14,26H,3,7,15H2,1-2H3,(H,25,31)/b21-14-. The predicted molar refractivity (Wildman–Crippen MR) is 119 cm³/mol. The van der Waals surface area contributed by atoms with Crippen LogP contribution in [0.5, 0.6) is 0 Å². The molecule has 1 aliphatic rings. The van der Waals surface area contributed by atoms with Gasteiger partial charge >= 0.3 is 6.03 Å². The summed E-state index contributed by atoms with van der Waals surface area (Å²) in [6.07, 6.45) is 2.95. The van der Waals surface area contributed by atoms with E-state index in [2.05, 4.69) is 10.4 Å². The summed E-state index contributed by atoms with van der Waals surface area (Å²) in [5, 5.41) is 5.76. The number of aromatic amines is 1. The van der Waals surface area contributed by atoms with Crippen LogP contribution in [0.4, 0.5) is 4.79 Å². The van der Waals surface area contributed by atoms with Gasteiger partial charge in [0.15, 0.2) is 0 Å². The maximum atomic E-state index is 13.1. The highest BCUT2D eigenvalue weighted by Crippen LogP contribution is 2.18. The summed E-state index contributed by atoms with van der Waals surface area (Å²) in [6, 6.07) is 16.4. The van der Waals surface area contributed by atoms with E-state index in [9.17, 15) is 14.4 Å². The number of carbonyl (C=O) groups excluding carboxylic acids is 2. The molecule has 0 spiro atoms. The van der Waals surface area contributed by atoms with Gasteiger partial charge in [0.2, 0.25) is 0 Å². The number of rotatable bonds is 6. The largest absolute Gasteiger partial charge is 0.329 e. The van der Waals surface area contributed by atoms with Crippen molar-refractivity contribution in [1.29, 1.82) is 0 Å². The molecule has 158 valence electrons. The number of nitrogens with one attached hydrogen (secondary N) is 2. The fraction of sp³-hybridized carbons (Fsp3) is 0.208. The summed E-state index contributed by atoms with van der Waals surface area (Å²) in [7, 11) is 0. The molecule has 0 atom stereocenters. The molecule has 7 heteroatoms. The lowest BCUT2D eigenvalue weighted by atomic mass is 10.1. The molecule has 0 aliphatic carbocycles. The summed E-state index contributed by atoms with van der Waals surface area (Å²) in [6.45, 7) is 4.16. The first-order chi connectivity index (χ1) is 15.0. The van der Waals surface area contributed by atoms with Gasteiger partial charge in [0.25, 0.3) is 11.5 Å². The van der Waals surface area contributed by atoms with Gasteiger partial charge < -0.3 is 5.32 Å². The van der Waals surface area contributed by atoms with Crippen LogP contribution in [0, 0.1) is 6.92 Å². The molecular weight excluding hydrogens is 392 g/mol. The van der Waals surface area contributed by atoms with Gasteiger partial charge in [-0.1, -0.05) is 61.4 Å². The minimum Gasteiger partial charge on any atom is -0.303 e. The molecule has 4 rings (SSSR count). The van der Waals surface area contributed by atoms with E-state index in [0.717, 1.165) is 28.1 Å². The SMILES string of the molecule is CCCc1[nH]n(-c2ccccc2)c(=O)c1/C=C1\NC(=O)N(Cc2ccc(C)cc2)C1=O. The molecule has 7 nitrogen and oxygen atoms in total. The summed E-state index contributed by atoms with van der Waals surface area (Å²) in [5.74, 6) is -0.445. The Morgan fingerprint density at radius 2 is 1.68 bits per heavy atom. The number of carbonyl (C=O) groups is 2. The Morgan fingerprint density at radius 1 is 0.968 bits per heavy atom. The minimum absolute atomic E-state index is 0.103. The van der Waals surface area contributed by atoms with Gasteiger partial charge in [0.1, 0.15) is 5.70 Å². The van der Waals surface area contributed by atoms with Crippen LogP contribution in [0.2, 0.25) is 0 Å². The van der Waals surface area contributed by atoms with Gasteiger partial charge in [0.05, 0.1) is 17.8 Å². The van der Waals surface area contributed by atoms with Crippen LogP contribution in [0.25, 0.3) is 11.8 Å². The number of hydrogen-bond donors (Lipinski definition) is 2. The number of imide groups is 1. The van der Waals surface area contributed by atoms with Crippen LogP contribution >= 0.6 is 0 Å². The number of amides is 3. The Bertz CT molecular complexity index is 1200. The third-order valence-corrected chi connectivity index (χ3v) is 5.23. The van der Waals surface area contributed by atoms with Gasteiger partial charge in [-0.15, -0.1) is 0 Å². The van der Waals surface area contributed by atoms with Crippen LogP contribution in [-0.2, 0) is 17.8 Å². The molecule has 2 heterocycles. The fourth-order valence-electron chi connectivity index (χ4n) is 3.58. The topological polar surface area (TPSA) is 87.2 Å². The second-order valence-corrected chi connectivity index (χ2v) is 7.60. The smallest absolute Gasteiger partial charge is 0.303 e. The van der Waals surface area contributed by atoms with Crippen molar-refractivity contribution in [2.24, 2.45) is 0 Å². The Balaban J connectivity index is 1.67. The number of H-pyrrole nitrogens is 1. The quantitative estimate of drug-likeness (QED) is 0.476. The molecule has 0 saturated carbocycles. The van der Waals surface area contributed by atoms with Crippen molar-refractivity contribution in [3.05, 3.63) is 93.0 Å². The van der Waals surface area contributed by atoms with E-state index >= 15 is 0 Å². The number of urea groups is 1. The van der Waals surface area contributed by atoms with Crippen molar-refractivity contribution in [1.82, 2.24) is 20.0 Å². The van der Waals surface area contributed by atoms with Crippen molar-refractivity contribution < 1.29 is 9.59 Å². The third-order valence-electron chi connectivity index (χ3n) is 5.23. The van der Waals surface area contributed by atoms with Crippen molar-refractivity contribution in [3.63, 3.8) is 0 Å². The lowest BCUT2D eigenvalue weighted by Crippen LogP contribution is -2.30. The maximum absolute atomic E-state index is 13.1. The molecule has 31 heavy (non-hydrogen) atoms. The van der Waals surface area contributed by atoms with Crippen LogP contribution < -0.4 is 10.9 Å². The van der Waals surface area contributed by atoms with Crippen LogP contribution in [0.1, 0.15) is 35.7 Å². The summed E-state index contributed by atoms with van der Waals surface area (Å²) in [5.41, 5.74) is 3.61. The molecule has 1 aliphatic heterocycles. The van der Waals surface area contributed by atoms with Gasteiger partial charge in [-0.25, -0.2) is 9.48 Å². The molecule has 1 fully saturated rings. The molecule has 1 saturated heterocycles. The molecule has 3 aromatic rings. The second kappa shape index (κ2) is 8.47. The van der Waals surface area contributed by atoms with E-state index in [0.29, 0.717) is 17.7 Å². The molecular formula is C24H24N4O3. The van der Waals surface area contributed by atoms with Crippen LogP contribution in [0.3, 0.4) is 0 Å². The number of hydrogen-bond acceptors (Lipinski definition) is 3. The highest BCUT2D eigenvalue weighted by Gasteiger charge is 2.34. The van der Waals surface area contributed by atoms with Crippen LogP contribution in [-0.4, -0.2) is 26.6 Å². The van der Waals surface area contributed by atoms with Crippen molar-refractivity contribution in [2.45, 2.75) is 33.2 Å². The van der Waals surface area contributed by atoms with Crippen molar-refractivity contribution in [3.8, 4) is 5.69 Å². The van der Waals surface area contributed by atoms with E-state index in [1.165, 1.54) is 10.8 Å². The van der Waals surface area contributed by atoms with Gasteiger partial charge in [-0.2, -0.15) is 0 Å². The molecule has 1 aromatic heterocycles. The monoisotopic (exact) mass is 416 g/mol. The number of nitrogens with zero attached hydrogens (tertiary/aromatic N) is 2. The number of aryl methyl sites for hydroxylation is 2. The molecule has 2 aromatic carbocycles. The number of para-hydroxylation sites is 1. The zero-order valence-corrected chi connectivity index (χ0v) is 17.5. The molecule has 0 radical (unpaired) electrons. The zero-order valence-electron chi connectivity index (χ0n) is 17.5. The summed E-state index contributed by atoms with van der Waals surface area (Å²) >= 11 is 0. The van der Waals surface area contributed by atoms with E-state index < -0.39 is 11.9 Å². The average Bonchev–Trinajstić information content (AvgIpc) is 3.22. The number of aromatic nitrogens is 2. The van der Waals surface area contributed by atoms with Gasteiger partial charge in [-0.05, 0) is 37.1 Å². The normalized spacial score (nSPS) is 15.0. The summed E-state index contributed by atoms with van der Waals surface area (Å²) < 4.78 is 1.46. The van der Waals surface area contributed by atoms with E-state index in [-0.39, 0.29) is 17.8 Å². The molecule has 2 N–H and O–H groups in total. The van der Waals surface area contributed by atoms with Crippen molar-refractivity contribution >= 4 is 18.0 Å². The van der Waals surface area contributed by atoms with Crippen molar-refractivity contribution in [2.75, 3.05) is 0 Å². The molecule has 3 amide bonds. The van der Waals surface area contributed by atoms with Gasteiger partial charge in [0, 0.05) is 5.69 Å². The zero-order chi connectivity index (χ0) is 22.0. The second-order valence-electron chi connectivity index (χ2n) is 7.60. The first-order valence-corrected chi connectivity index (χ1v) is 10.3. The first kappa shape index (κ1) is 20.4. The number of benzene rings is 2. The highest BCUT2D eigenvalue weighted by atomic mass is 16.2. The van der Waals surface area contributed by atoms with Gasteiger partial charge in [-0.3, -0.25) is 19.6 Å². The molecule has 0 unspecified atom stereocenters. The lowest BCUT2D eigenvalue weighted by Gasteiger charge is -2.11. The Kier molecular flexibility index (Phi) is 5.58. The molecule has 0 bridgehead atoms. The van der Waals surface area contributed by atoms with E-state index in [4.69, 9.17) is 0 Å². The minimum atomic E-state index is -0.493. The Hall–Kier alpha value is -3.87. The fourth-order valence-corrected chi connectivity index (χ4v) is 3.58. The first-order valence-electron chi connectivity index (χ1n) is 10.3. The Labute approximate surface area is 180 Å². The highest BCUT2D eigenvalue weighted by molar-refractivity contribution is 6.13. The maximum Gasteiger partial charge on any atom is 0.329 e.